The largest absolute Gasteiger partial charge is 0.394 e. The van der Waals surface area contributed by atoms with E-state index < -0.39 is 18.3 Å². The maximum Gasteiger partial charge on any atom is 0.142 e. The Labute approximate surface area is 59.8 Å². The van der Waals surface area contributed by atoms with E-state index in [0.29, 0.717) is 0 Å². The summed E-state index contributed by atoms with van der Waals surface area (Å²) in [6.07, 6.45) is -2.43. The third kappa shape index (κ3) is 1.18. The molecule has 10 heavy (non-hydrogen) atoms. The second-order valence-corrected chi connectivity index (χ2v) is 2.54. The molecule has 4 atom stereocenters. The van der Waals surface area contributed by atoms with Crippen LogP contribution in [0, 0.1) is 0 Å². The van der Waals surface area contributed by atoms with Crippen molar-refractivity contribution in [3.8, 4) is 0 Å². The molecule has 0 radical (unpaired) electrons. The van der Waals surface area contributed by atoms with Crippen molar-refractivity contribution < 1.29 is 20.1 Å². The fraction of sp³-hybridized carbons (Fsp3) is 1.00. The molecule has 1 saturated heterocycles. The van der Waals surface area contributed by atoms with Crippen molar-refractivity contribution in [1.82, 2.24) is 0 Å². The zero-order chi connectivity index (χ0) is 7.72. The van der Waals surface area contributed by atoms with Gasteiger partial charge in [-0.3, -0.25) is 0 Å². The minimum Gasteiger partial charge on any atom is -0.394 e. The molecule has 1 heterocycles. The Morgan fingerprint density at radius 2 is 1.90 bits per heavy atom. The van der Waals surface area contributed by atoms with Crippen LogP contribution in [0.3, 0.4) is 0 Å². The lowest BCUT2D eigenvalue weighted by Gasteiger charge is -2.10. The molecule has 1 aliphatic heterocycles. The van der Waals surface area contributed by atoms with Crippen LogP contribution in [0.1, 0.15) is 0 Å². The molecular formula is C5H11BO4. The molecule has 5 heteroatoms. The van der Waals surface area contributed by atoms with Gasteiger partial charge in [0.25, 0.3) is 0 Å². The summed E-state index contributed by atoms with van der Waals surface area (Å²) in [6.45, 7) is -0.247. The standard InChI is InChI=1S/C5H11BO4/c6-5-4(9)3(8)2(1-7)10-5/h2-5,7-9H,1,6H2/t2-,3?,4-,5-/m1/s1. The molecule has 0 aromatic heterocycles. The molecule has 0 bridgehead atoms. The quantitative estimate of drug-likeness (QED) is 0.346. The predicted octanol–water partition coefficient (Wildman–Crippen LogP) is -2.94. The van der Waals surface area contributed by atoms with E-state index in [1.807, 2.05) is 0 Å². The Morgan fingerprint density at radius 3 is 2.10 bits per heavy atom. The first-order valence-corrected chi connectivity index (χ1v) is 3.29. The van der Waals surface area contributed by atoms with Gasteiger partial charge in [0, 0.05) is 0 Å². The van der Waals surface area contributed by atoms with Crippen molar-refractivity contribution in [3.05, 3.63) is 0 Å². The number of ether oxygens (including phenoxy) is 1. The van der Waals surface area contributed by atoms with Gasteiger partial charge in [-0.15, -0.1) is 0 Å². The first-order valence-electron chi connectivity index (χ1n) is 3.29. The molecule has 1 unspecified atom stereocenters. The molecule has 4 nitrogen and oxygen atoms in total. The summed E-state index contributed by atoms with van der Waals surface area (Å²) < 4.78 is 4.98. The van der Waals surface area contributed by atoms with Crippen molar-refractivity contribution in [1.29, 1.82) is 0 Å². The van der Waals surface area contributed by atoms with Crippen LogP contribution in [-0.4, -0.2) is 54.1 Å². The van der Waals surface area contributed by atoms with Gasteiger partial charge in [0.05, 0.1) is 12.6 Å². The van der Waals surface area contributed by atoms with E-state index in [1.165, 1.54) is 0 Å². The third-order valence-electron chi connectivity index (χ3n) is 1.78. The number of hydrogen-bond donors (Lipinski definition) is 3. The number of hydrogen-bond acceptors (Lipinski definition) is 4. The molecule has 1 fully saturated rings. The third-order valence-corrected chi connectivity index (χ3v) is 1.78. The summed E-state index contributed by atoms with van der Waals surface area (Å²) in [6, 6.07) is -0.382. The minimum absolute atomic E-state index is 0.247. The van der Waals surface area contributed by atoms with Crippen molar-refractivity contribution in [2.75, 3.05) is 6.61 Å². The molecule has 0 spiro atoms. The molecule has 0 saturated carbocycles. The van der Waals surface area contributed by atoms with Crippen LogP contribution in [0.15, 0.2) is 0 Å². The average molecular weight is 146 g/mol. The number of aliphatic hydroxyl groups excluding tert-OH is 3. The maximum absolute atomic E-state index is 9.09. The first-order chi connectivity index (χ1) is 4.66. The summed E-state index contributed by atoms with van der Waals surface area (Å²) in [5, 5.41) is 26.8. The summed E-state index contributed by atoms with van der Waals surface area (Å²) in [5.74, 6) is 0. The van der Waals surface area contributed by atoms with Crippen LogP contribution in [-0.2, 0) is 4.74 Å². The van der Waals surface area contributed by atoms with Crippen LogP contribution in [0.25, 0.3) is 0 Å². The van der Waals surface area contributed by atoms with Crippen LogP contribution in [0.4, 0.5) is 0 Å². The highest BCUT2D eigenvalue weighted by Gasteiger charge is 2.39. The van der Waals surface area contributed by atoms with Gasteiger partial charge in [0.2, 0.25) is 0 Å². The summed E-state index contributed by atoms with van der Waals surface area (Å²) >= 11 is 0. The van der Waals surface area contributed by atoms with Crippen LogP contribution in [0.2, 0.25) is 0 Å². The maximum atomic E-state index is 9.09. The van der Waals surface area contributed by atoms with Crippen molar-refractivity contribution in [2.45, 2.75) is 24.3 Å². The smallest absolute Gasteiger partial charge is 0.142 e. The lowest BCUT2D eigenvalue weighted by molar-refractivity contribution is -0.00875. The second kappa shape index (κ2) is 2.88. The van der Waals surface area contributed by atoms with E-state index in [4.69, 9.17) is 20.1 Å². The van der Waals surface area contributed by atoms with Crippen LogP contribution >= 0.6 is 0 Å². The summed E-state index contributed by atoms with van der Waals surface area (Å²) in [5.41, 5.74) is 0. The zero-order valence-electron chi connectivity index (χ0n) is 5.77. The van der Waals surface area contributed by atoms with E-state index in [9.17, 15) is 0 Å². The Bertz CT molecular complexity index is 120. The molecule has 0 aromatic carbocycles. The highest BCUT2D eigenvalue weighted by atomic mass is 16.5. The SMILES string of the molecule is B[C@@H]1O[C@H](CO)C(O)[C@H]1O. The monoisotopic (exact) mass is 146 g/mol. The van der Waals surface area contributed by atoms with E-state index in [0.717, 1.165) is 0 Å². The average Bonchev–Trinajstić information content (AvgIpc) is 2.17. The zero-order valence-corrected chi connectivity index (χ0v) is 5.77. The lowest BCUT2D eigenvalue weighted by Crippen LogP contribution is -2.33. The van der Waals surface area contributed by atoms with Gasteiger partial charge < -0.3 is 20.1 Å². The Morgan fingerprint density at radius 1 is 1.30 bits per heavy atom. The second-order valence-electron chi connectivity index (χ2n) is 2.54. The topological polar surface area (TPSA) is 69.9 Å². The highest BCUT2D eigenvalue weighted by molar-refractivity contribution is 6.11. The Balaban J connectivity index is 2.53. The van der Waals surface area contributed by atoms with E-state index in [2.05, 4.69) is 0 Å². The van der Waals surface area contributed by atoms with Gasteiger partial charge in [0.15, 0.2) is 0 Å². The molecule has 3 N–H and O–H groups in total. The highest BCUT2D eigenvalue weighted by Crippen LogP contribution is 2.18. The van der Waals surface area contributed by atoms with Crippen molar-refractivity contribution in [3.63, 3.8) is 0 Å². The molecule has 1 aliphatic rings. The van der Waals surface area contributed by atoms with Gasteiger partial charge in [-0.2, -0.15) is 0 Å². The molecule has 0 amide bonds. The normalized spacial score (nSPS) is 47.9. The van der Waals surface area contributed by atoms with Crippen LogP contribution in [0.5, 0.6) is 0 Å². The van der Waals surface area contributed by atoms with E-state index in [1.54, 1.807) is 7.85 Å². The lowest BCUT2D eigenvalue weighted by atomic mass is 9.93. The van der Waals surface area contributed by atoms with Crippen molar-refractivity contribution in [2.24, 2.45) is 0 Å². The fourth-order valence-corrected chi connectivity index (χ4v) is 1.09. The number of aliphatic hydroxyl groups is 3. The first kappa shape index (κ1) is 8.01. The molecule has 58 valence electrons. The number of rotatable bonds is 1. The Kier molecular flexibility index (Phi) is 2.30. The Hall–Kier alpha value is -0.0951. The van der Waals surface area contributed by atoms with Gasteiger partial charge in [-0.25, -0.2) is 0 Å². The van der Waals surface area contributed by atoms with Crippen molar-refractivity contribution >= 4 is 7.85 Å². The summed E-state index contributed by atoms with van der Waals surface area (Å²) in [4.78, 5) is 0. The molecule has 0 aromatic rings. The van der Waals surface area contributed by atoms with Gasteiger partial charge in [-0.05, 0) is 0 Å². The molecular weight excluding hydrogens is 135 g/mol. The van der Waals surface area contributed by atoms with E-state index in [-0.39, 0.29) is 12.6 Å². The summed E-state index contributed by atoms with van der Waals surface area (Å²) in [7, 11) is 1.66. The molecule has 0 aliphatic carbocycles. The molecule has 1 rings (SSSR count). The van der Waals surface area contributed by atoms with E-state index >= 15 is 0 Å². The predicted molar refractivity (Wildman–Crippen MR) is 36.3 cm³/mol. The van der Waals surface area contributed by atoms with Crippen LogP contribution < -0.4 is 0 Å². The fourth-order valence-electron chi connectivity index (χ4n) is 1.09. The minimum atomic E-state index is -0.944. The van der Waals surface area contributed by atoms with Gasteiger partial charge in [0.1, 0.15) is 26.2 Å². The van der Waals surface area contributed by atoms with Gasteiger partial charge >= 0.3 is 0 Å². The van der Waals surface area contributed by atoms with Gasteiger partial charge in [-0.1, -0.05) is 0 Å².